The Kier molecular flexibility index (Phi) is 5.32. The molecule has 0 N–H and O–H groups in total. The number of ether oxygens (including phenoxy) is 1. The zero-order chi connectivity index (χ0) is 28.3. The van der Waals surface area contributed by atoms with Gasteiger partial charge in [0.1, 0.15) is 11.9 Å². The maximum absolute atomic E-state index is 6.19. The lowest BCUT2D eigenvalue weighted by molar-refractivity contribution is 0.269. The number of allylic oxidation sites excluding steroid dienone is 2. The van der Waals surface area contributed by atoms with Crippen molar-refractivity contribution in [2.24, 2.45) is 0 Å². The van der Waals surface area contributed by atoms with Gasteiger partial charge in [-0.1, -0.05) is 121 Å². The average Bonchev–Trinajstić information content (AvgIpc) is 3.46. The summed E-state index contributed by atoms with van der Waals surface area (Å²) in [6, 6.07) is 40.9. The zero-order valence-electron chi connectivity index (χ0n) is 23.3. The Hall–Kier alpha value is -5.54. The molecule has 0 bridgehead atoms. The van der Waals surface area contributed by atoms with Crippen molar-refractivity contribution in [1.82, 2.24) is 9.97 Å². The van der Waals surface area contributed by atoms with Gasteiger partial charge in [-0.25, -0.2) is 4.98 Å². The second kappa shape index (κ2) is 9.50. The molecule has 1 aliphatic heterocycles. The van der Waals surface area contributed by atoms with Crippen molar-refractivity contribution in [1.29, 1.82) is 0 Å². The molecule has 2 heterocycles. The fourth-order valence-corrected chi connectivity index (χ4v) is 6.78. The third kappa shape index (κ3) is 3.82. The monoisotopic (exact) mass is 550 g/mol. The van der Waals surface area contributed by atoms with Crippen LogP contribution >= 0.6 is 0 Å². The molecule has 0 fully saturated rings. The Bertz CT molecular complexity index is 2240. The summed E-state index contributed by atoms with van der Waals surface area (Å²) in [6.45, 7) is 0. The van der Waals surface area contributed by atoms with E-state index in [1.165, 1.54) is 38.6 Å². The fraction of sp³-hybridized carbons (Fsp3) is 0.0500. The molecule has 2 unspecified atom stereocenters. The van der Waals surface area contributed by atoms with Crippen LogP contribution in [0.3, 0.4) is 0 Å². The van der Waals surface area contributed by atoms with Gasteiger partial charge in [-0.2, -0.15) is 0 Å². The van der Waals surface area contributed by atoms with Gasteiger partial charge in [0.2, 0.25) is 0 Å². The number of fused-ring (bicyclic) bond motifs is 9. The van der Waals surface area contributed by atoms with Crippen molar-refractivity contribution in [2.45, 2.75) is 12.0 Å². The number of nitrogens with zero attached hydrogens (tertiary/aromatic N) is 2. The first-order chi connectivity index (χ1) is 21.3. The molecule has 2 atom stereocenters. The highest BCUT2D eigenvalue weighted by Crippen LogP contribution is 2.44. The molecule has 0 saturated heterocycles. The van der Waals surface area contributed by atoms with E-state index in [4.69, 9.17) is 14.7 Å². The van der Waals surface area contributed by atoms with Gasteiger partial charge in [-0.05, 0) is 51.2 Å². The summed E-state index contributed by atoms with van der Waals surface area (Å²) in [5.74, 6) is 1.25. The van der Waals surface area contributed by atoms with Crippen LogP contribution in [0.25, 0.3) is 66.1 Å². The highest BCUT2D eigenvalue weighted by atomic mass is 16.5. The van der Waals surface area contributed by atoms with E-state index in [-0.39, 0.29) is 12.0 Å². The van der Waals surface area contributed by atoms with E-state index < -0.39 is 0 Å². The Morgan fingerprint density at radius 3 is 1.91 bits per heavy atom. The first kappa shape index (κ1) is 24.1. The van der Waals surface area contributed by atoms with Gasteiger partial charge in [0.15, 0.2) is 0 Å². The first-order valence-corrected chi connectivity index (χ1v) is 14.7. The third-order valence-electron chi connectivity index (χ3n) is 8.87. The summed E-state index contributed by atoms with van der Waals surface area (Å²) in [6.07, 6.45) is 10.6. The highest BCUT2D eigenvalue weighted by molar-refractivity contribution is 6.23. The smallest absolute Gasteiger partial charge is 0.128 e. The second-order valence-corrected chi connectivity index (χ2v) is 11.3. The minimum absolute atomic E-state index is 0.0907. The van der Waals surface area contributed by atoms with Crippen LogP contribution < -0.4 is 4.74 Å². The van der Waals surface area contributed by atoms with Crippen molar-refractivity contribution in [3.8, 4) is 39.3 Å². The molecule has 7 aromatic rings. The van der Waals surface area contributed by atoms with Crippen LogP contribution in [0.1, 0.15) is 11.5 Å². The van der Waals surface area contributed by atoms with Crippen LogP contribution in [0.15, 0.2) is 146 Å². The summed E-state index contributed by atoms with van der Waals surface area (Å²) in [4.78, 5) is 10.1. The molecule has 0 saturated carbocycles. The van der Waals surface area contributed by atoms with Crippen LogP contribution in [0.2, 0.25) is 0 Å². The molecule has 1 aromatic heterocycles. The molecule has 9 rings (SSSR count). The Morgan fingerprint density at radius 2 is 1.14 bits per heavy atom. The Labute approximate surface area is 249 Å². The van der Waals surface area contributed by atoms with Gasteiger partial charge in [0, 0.05) is 27.8 Å². The average molecular weight is 551 g/mol. The van der Waals surface area contributed by atoms with Crippen molar-refractivity contribution in [2.75, 3.05) is 0 Å². The SMILES string of the molecule is C1=CC2Oc3ccc(-c4ccccc4-c4ccc(-c5cnc6c7ccccc7c7ccccc7c6n5)cc4)cc3C2C=C1. The summed E-state index contributed by atoms with van der Waals surface area (Å²) < 4.78 is 6.19. The Morgan fingerprint density at radius 1 is 0.535 bits per heavy atom. The predicted molar refractivity (Wildman–Crippen MR) is 176 cm³/mol. The minimum atomic E-state index is 0.0907. The van der Waals surface area contributed by atoms with Crippen LogP contribution in [0, 0.1) is 0 Å². The lowest BCUT2D eigenvalue weighted by Crippen LogP contribution is -2.15. The van der Waals surface area contributed by atoms with Crippen molar-refractivity contribution in [3.05, 3.63) is 151 Å². The molecule has 0 radical (unpaired) electrons. The lowest BCUT2D eigenvalue weighted by Gasteiger charge is -2.15. The van der Waals surface area contributed by atoms with E-state index in [0.717, 1.165) is 38.8 Å². The molecule has 0 spiro atoms. The van der Waals surface area contributed by atoms with Crippen LogP contribution in [0.4, 0.5) is 0 Å². The maximum atomic E-state index is 6.19. The van der Waals surface area contributed by atoms with Gasteiger partial charge in [0.05, 0.1) is 22.9 Å². The molecule has 2 aliphatic rings. The van der Waals surface area contributed by atoms with E-state index >= 15 is 0 Å². The largest absolute Gasteiger partial charge is 0.485 e. The molecule has 3 heteroatoms. The van der Waals surface area contributed by atoms with Crippen molar-refractivity contribution in [3.63, 3.8) is 0 Å². The van der Waals surface area contributed by atoms with Crippen molar-refractivity contribution >= 4 is 32.6 Å². The zero-order valence-corrected chi connectivity index (χ0v) is 23.3. The van der Waals surface area contributed by atoms with E-state index in [0.29, 0.717) is 0 Å². The minimum Gasteiger partial charge on any atom is -0.485 e. The highest BCUT2D eigenvalue weighted by Gasteiger charge is 2.32. The van der Waals surface area contributed by atoms with E-state index in [9.17, 15) is 0 Å². The lowest BCUT2D eigenvalue weighted by atomic mass is 9.88. The molecule has 0 amide bonds. The predicted octanol–water partition coefficient (Wildman–Crippen LogP) is 9.91. The van der Waals surface area contributed by atoms with Crippen molar-refractivity contribution < 1.29 is 4.74 Å². The topological polar surface area (TPSA) is 35.0 Å². The van der Waals surface area contributed by atoms with Gasteiger partial charge < -0.3 is 4.74 Å². The summed E-state index contributed by atoms with van der Waals surface area (Å²) >= 11 is 0. The Balaban J connectivity index is 1.11. The van der Waals surface area contributed by atoms with Gasteiger partial charge in [-0.15, -0.1) is 0 Å². The maximum Gasteiger partial charge on any atom is 0.128 e. The van der Waals surface area contributed by atoms with Gasteiger partial charge >= 0.3 is 0 Å². The van der Waals surface area contributed by atoms with Gasteiger partial charge in [0.25, 0.3) is 0 Å². The second-order valence-electron chi connectivity index (χ2n) is 11.3. The summed E-state index contributed by atoms with van der Waals surface area (Å²) in [5, 5.41) is 4.67. The van der Waals surface area contributed by atoms with E-state index in [2.05, 4.69) is 140 Å². The van der Waals surface area contributed by atoms with E-state index in [1.54, 1.807) is 0 Å². The molecule has 1 aliphatic carbocycles. The number of hydrogen-bond donors (Lipinski definition) is 0. The molecule has 202 valence electrons. The first-order valence-electron chi connectivity index (χ1n) is 14.7. The molecule has 6 aromatic carbocycles. The van der Waals surface area contributed by atoms with Gasteiger partial charge in [-0.3, -0.25) is 4.98 Å². The molecular formula is C40H26N2O. The van der Waals surface area contributed by atoms with Crippen LogP contribution in [-0.4, -0.2) is 16.1 Å². The normalized spacial score (nSPS) is 16.8. The fourth-order valence-electron chi connectivity index (χ4n) is 6.78. The summed E-state index contributed by atoms with van der Waals surface area (Å²) in [5.41, 5.74) is 9.82. The molecule has 3 nitrogen and oxygen atoms in total. The number of hydrogen-bond acceptors (Lipinski definition) is 3. The standard InChI is InChI=1S/C40H26N2O/c1-2-10-29(27-21-22-38-35(23-27)32-13-7-8-16-37(32)43-38)28(9-1)25-17-19-26(20-18-25)36-24-41-39-33-14-5-3-11-30(33)31-12-4-6-15-34(31)40(39)42-36/h1-24,32,37H. The number of aromatic nitrogens is 2. The molecule has 43 heavy (non-hydrogen) atoms. The third-order valence-corrected chi connectivity index (χ3v) is 8.87. The number of benzene rings is 6. The number of rotatable bonds is 3. The van der Waals surface area contributed by atoms with E-state index in [1.807, 2.05) is 6.20 Å². The van der Waals surface area contributed by atoms with Crippen LogP contribution in [0.5, 0.6) is 5.75 Å². The quantitative estimate of drug-likeness (QED) is 0.205. The van der Waals surface area contributed by atoms with Crippen LogP contribution in [-0.2, 0) is 0 Å². The molecular weight excluding hydrogens is 524 g/mol. The summed E-state index contributed by atoms with van der Waals surface area (Å²) in [7, 11) is 0.